The van der Waals surface area contributed by atoms with Crippen molar-refractivity contribution in [2.75, 3.05) is 0 Å². The SMILES string of the molecule is [C-]#[N+]c1ccc(-c2nc(-n3c4ccccc4c4cc5sc6ccccc6c5cc43)nc3ccccc23)cc1. The Kier molecular flexibility index (Phi) is 4.42. The van der Waals surface area contributed by atoms with E-state index in [0.717, 1.165) is 33.2 Å². The van der Waals surface area contributed by atoms with E-state index in [2.05, 4.69) is 76.1 Å². The van der Waals surface area contributed by atoms with Crippen LogP contribution in [0.3, 0.4) is 0 Å². The van der Waals surface area contributed by atoms with Gasteiger partial charge in [0.15, 0.2) is 5.69 Å². The molecule has 0 aliphatic rings. The van der Waals surface area contributed by atoms with E-state index in [1.54, 1.807) is 0 Å². The second-order valence-corrected chi connectivity index (χ2v) is 10.4. The van der Waals surface area contributed by atoms with Crippen LogP contribution < -0.4 is 0 Å². The molecule has 176 valence electrons. The topological polar surface area (TPSA) is 35.1 Å². The quantitative estimate of drug-likeness (QED) is 0.221. The summed E-state index contributed by atoms with van der Waals surface area (Å²) in [6, 6.07) is 37.4. The van der Waals surface area contributed by atoms with Gasteiger partial charge in [-0.3, -0.25) is 4.57 Å². The van der Waals surface area contributed by atoms with Gasteiger partial charge in [-0.1, -0.05) is 78.9 Å². The minimum atomic E-state index is 0.613. The molecule has 0 atom stereocenters. The van der Waals surface area contributed by atoms with Crippen LogP contribution in [0, 0.1) is 6.57 Å². The van der Waals surface area contributed by atoms with Crippen molar-refractivity contribution in [2.24, 2.45) is 0 Å². The number of fused-ring (bicyclic) bond motifs is 7. The average Bonchev–Trinajstić information content (AvgIpc) is 3.50. The van der Waals surface area contributed by atoms with Crippen LogP contribution in [0.25, 0.3) is 74.9 Å². The lowest BCUT2D eigenvalue weighted by atomic mass is 10.1. The largest absolute Gasteiger partial charge is 0.278 e. The number of para-hydroxylation sites is 2. The molecule has 0 fully saturated rings. The Hall–Kier alpha value is -5.05. The summed E-state index contributed by atoms with van der Waals surface area (Å²) < 4.78 is 4.76. The summed E-state index contributed by atoms with van der Waals surface area (Å²) in [5.74, 6) is 0.637. The van der Waals surface area contributed by atoms with Gasteiger partial charge in [0.2, 0.25) is 5.95 Å². The zero-order chi connectivity index (χ0) is 25.2. The molecule has 0 radical (unpaired) electrons. The predicted octanol–water partition coefficient (Wildman–Crippen LogP) is 9.31. The molecule has 0 aliphatic heterocycles. The third-order valence-corrected chi connectivity index (χ3v) is 8.37. The van der Waals surface area contributed by atoms with Crippen molar-refractivity contribution in [3.05, 3.63) is 121 Å². The van der Waals surface area contributed by atoms with Crippen molar-refractivity contribution in [1.82, 2.24) is 14.5 Å². The molecule has 0 saturated heterocycles. The van der Waals surface area contributed by atoms with E-state index >= 15 is 0 Å². The van der Waals surface area contributed by atoms with Gasteiger partial charge in [0.25, 0.3) is 0 Å². The smallest absolute Gasteiger partial charge is 0.235 e. The van der Waals surface area contributed by atoms with Gasteiger partial charge < -0.3 is 0 Å². The minimum absolute atomic E-state index is 0.613. The summed E-state index contributed by atoms with van der Waals surface area (Å²) in [5, 5.41) is 5.88. The number of hydrogen-bond donors (Lipinski definition) is 0. The zero-order valence-corrected chi connectivity index (χ0v) is 20.9. The van der Waals surface area contributed by atoms with Crippen LogP contribution in [0.2, 0.25) is 0 Å². The van der Waals surface area contributed by atoms with E-state index < -0.39 is 0 Å². The van der Waals surface area contributed by atoms with E-state index in [0.29, 0.717) is 11.6 Å². The number of nitrogens with zero attached hydrogens (tertiary/aromatic N) is 4. The summed E-state index contributed by atoms with van der Waals surface area (Å²) >= 11 is 1.83. The van der Waals surface area contributed by atoms with Gasteiger partial charge in [-0.05, 0) is 35.9 Å². The lowest BCUT2D eigenvalue weighted by molar-refractivity contribution is 1.01. The van der Waals surface area contributed by atoms with Crippen molar-refractivity contribution in [2.45, 2.75) is 0 Å². The Morgan fingerprint density at radius 3 is 2.18 bits per heavy atom. The monoisotopic (exact) mass is 502 g/mol. The molecule has 0 N–H and O–H groups in total. The first-order chi connectivity index (χ1) is 18.8. The highest BCUT2D eigenvalue weighted by atomic mass is 32.1. The number of aromatic nitrogens is 3. The zero-order valence-electron chi connectivity index (χ0n) is 20.1. The predicted molar refractivity (Wildman–Crippen MR) is 158 cm³/mol. The molecule has 5 aromatic carbocycles. The standard InChI is InChI=1S/C33H18N4S/c1-34-21-16-14-20(15-17-21)32-24-10-2-5-11-27(24)35-33(36-32)37-28-12-6-3-8-22(28)25-19-31-26(18-29(25)37)23-9-4-7-13-30(23)38-31/h2-19H. The Bertz CT molecular complexity index is 2250. The normalized spacial score (nSPS) is 11.7. The van der Waals surface area contributed by atoms with Gasteiger partial charge in [-0.25, -0.2) is 14.8 Å². The third kappa shape index (κ3) is 3.02. The maximum absolute atomic E-state index is 7.32. The van der Waals surface area contributed by atoms with Crippen molar-refractivity contribution in [1.29, 1.82) is 0 Å². The number of hydrogen-bond acceptors (Lipinski definition) is 3. The fraction of sp³-hybridized carbons (Fsp3) is 0. The maximum atomic E-state index is 7.32. The molecule has 8 aromatic rings. The summed E-state index contributed by atoms with van der Waals surface area (Å²) in [6.45, 7) is 7.32. The first kappa shape index (κ1) is 21.1. The molecular formula is C33H18N4S. The fourth-order valence-electron chi connectivity index (χ4n) is 5.48. The molecule has 0 spiro atoms. The van der Waals surface area contributed by atoms with Crippen LogP contribution in [-0.2, 0) is 0 Å². The van der Waals surface area contributed by atoms with Crippen LogP contribution in [0.4, 0.5) is 5.69 Å². The van der Waals surface area contributed by atoms with Crippen molar-refractivity contribution in [3.8, 4) is 17.2 Å². The van der Waals surface area contributed by atoms with Gasteiger partial charge >= 0.3 is 0 Å². The second kappa shape index (κ2) is 7.97. The molecule has 0 unspecified atom stereocenters. The molecule has 3 heterocycles. The second-order valence-electron chi connectivity index (χ2n) is 9.36. The minimum Gasteiger partial charge on any atom is -0.278 e. The van der Waals surface area contributed by atoms with Crippen LogP contribution in [0.15, 0.2) is 109 Å². The number of rotatable bonds is 2. The molecule has 3 aromatic heterocycles. The van der Waals surface area contributed by atoms with Crippen LogP contribution in [-0.4, -0.2) is 14.5 Å². The van der Waals surface area contributed by atoms with Gasteiger partial charge in [0.05, 0.1) is 28.8 Å². The van der Waals surface area contributed by atoms with Gasteiger partial charge in [-0.2, -0.15) is 0 Å². The van der Waals surface area contributed by atoms with Gasteiger partial charge in [0, 0.05) is 36.3 Å². The molecule has 8 rings (SSSR count). The average molecular weight is 503 g/mol. The summed E-state index contributed by atoms with van der Waals surface area (Å²) in [4.78, 5) is 13.8. The highest BCUT2D eigenvalue weighted by Crippen LogP contribution is 2.40. The van der Waals surface area contributed by atoms with Crippen LogP contribution in [0.5, 0.6) is 0 Å². The molecule has 0 amide bonds. The van der Waals surface area contributed by atoms with Crippen molar-refractivity contribution >= 4 is 69.9 Å². The van der Waals surface area contributed by atoms with E-state index in [1.807, 2.05) is 53.8 Å². The fourth-order valence-corrected chi connectivity index (χ4v) is 6.61. The third-order valence-electron chi connectivity index (χ3n) is 7.23. The van der Waals surface area contributed by atoms with Crippen LogP contribution in [0.1, 0.15) is 0 Å². The Morgan fingerprint density at radius 2 is 1.34 bits per heavy atom. The first-order valence-electron chi connectivity index (χ1n) is 12.4. The molecule has 38 heavy (non-hydrogen) atoms. The van der Waals surface area contributed by atoms with Crippen LogP contribution >= 0.6 is 11.3 Å². The first-order valence-corrected chi connectivity index (χ1v) is 13.2. The highest BCUT2D eigenvalue weighted by Gasteiger charge is 2.18. The van der Waals surface area contributed by atoms with E-state index in [4.69, 9.17) is 16.5 Å². The summed E-state index contributed by atoms with van der Waals surface area (Å²) in [5.41, 5.74) is 5.48. The molecule has 0 saturated carbocycles. The van der Waals surface area contributed by atoms with E-state index in [-0.39, 0.29) is 0 Å². The van der Waals surface area contributed by atoms with Crippen molar-refractivity contribution < 1.29 is 0 Å². The highest BCUT2D eigenvalue weighted by molar-refractivity contribution is 7.25. The Labute approximate surface area is 221 Å². The van der Waals surface area contributed by atoms with E-state index in [1.165, 1.54) is 30.9 Å². The molecule has 4 nitrogen and oxygen atoms in total. The number of benzene rings is 5. The summed E-state index contributed by atoms with van der Waals surface area (Å²) in [6.07, 6.45) is 0. The Balaban J connectivity index is 1.49. The molecular weight excluding hydrogens is 484 g/mol. The maximum Gasteiger partial charge on any atom is 0.235 e. The Morgan fingerprint density at radius 1 is 0.605 bits per heavy atom. The molecule has 0 bridgehead atoms. The molecule has 0 aliphatic carbocycles. The number of thiophene rings is 1. The van der Waals surface area contributed by atoms with Crippen molar-refractivity contribution in [3.63, 3.8) is 0 Å². The van der Waals surface area contributed by atoms with E-state index in [9.17, 15) is 0 Å². The lowest BCUT2D eigenvalue weighted by Gasteiger charge is -2.12. The van der Waals surface area contributed by atoms with Gasteiger partial charge in [0.1, 0.15) is 0 Å². The molecule has 5 heteroatoms. The lowest BCUT2D eigenvalue weighted by Crippen LogP contribution is -2.03. The summed E-state index contributed by atoms with van der Waals surface area (Å²) in [7, 11) is 0. The van der Waals surface area contributed by atoms with Gasteiger partial charge in [-0.15, -0.1) is 11.3 Å².